The molecule has 5 nitrogen and oxygen atoms in total. The van der Waals surface area contributed by atoms with E-state index in [4.69, 9.17) is 5.73 Å². The molecule has 1 aromatic heterocycles. The number of benzene rings is 1. The third kappa shape index (κ3) is 1.60. The van der Waals surface area contributed by atoms with Gasteiger partial charge in [0.15, 0.2) is 0 Å². The van der Waals surface area contributed by atoms with Crippen molar-refractivity contribution in [2.75, 3.05) is 5.32 Å². The van der Waals surface area contributed by atoms with Crippen molar-refractivity contribution >= 4 is 22.6 Å². The first-order valence-electron chi connectivity index (χ1n) is 5.13. The van der Waals surface area contributed by atoms with Crippen LogP contribution in [0, 0.1) is 0 Å². The van der Waals surface area contributed by atoms with Crippen LogP contribution in [0.25, 0.3) is 10.9 Å². The number of urea groups is 1. The van der Waals surface area contributed by atoms with E-state index in [9.17, 15) is 4.79 Å². The molecule has 1 heterocycles. The van der Waals surface area contributed by atoms with Crippen molar-refractivity contribution in [3.8, 4) is 0 Å². The number of nitrogens with two attached hydrogens (primary N) is 1. The van der Waals surface area contributed by atoms with Crippen LogP contribution in [-0.4, -0.2) is 15.8 Å². The van der Waals surface area contributed by atoms with E-state index in [1.807, 2.05) is 26.1 Å². The number of amides is 2. The number of hydrogen-bond acceptors (Lipinski definition) is 2. The van der Waals surface area contributed by atoms with Crippen LogP contribution in [0.4, 0.5) is 10.5 Å². The van der Waals surface area contributed by atoms with Gasteiger partial charge in [0.25, 0.3) is 0 Å². The molecule has 0 atom stereocenters. The first kappa shape index (κ1) is 10.5. The fourth-order valence-electron chi connectivity index (χ4n) is 1.87. The van der Waals surface area contributed by atoms with Crippen LogP contribution in [0.1, 0.15) is 12.5 Å². The lowest BCUT2D eigenvalue weighted by Crippen LogP contribution is -2.20. The fourth-order valence-corrected chi connectivity index (χ4v) is 1.87. The predicted molar refractivity (Wildman–Crippen MR) is 63.3 cm³/mol. The third-order valence-corrected chi connectivity index (χ3v) is 2.62. The van der Waals surface area contributed by atoms with Gasteiger partial charge >= 0.3 is 6.03 Å². The van der Waals surface area contributed by atoms with Gasteiger partial charge in [0.05, 0.1) is 17.4 Å². The molecule has 0 saturated heterocycles. The van der Waals surface area contributed by atoms with E-state index in [1.165, 1.54) is 0 Å². The Morgan fingerprint density at radius 3 is 2.94 bits per heavy atom. The zero-order chi connectivity index (χ0) is 11.7. The average molecular weight is 218 g/mol. The maximum absolute atomic E-state index is 11.0. The molecular formula is C11H14N4O. The number of carbonyl (C=O) groups is 1. The molecule has 0 fully saturated rings. The van der Waals surface area contributed by atoms with E-state index >= 15 is 0 Å². The van der Waals surface area contributed by atoms with Crippen molar-refractivity contribution in [3.63, 3.8) is 0 Å². The smallest absolute Gasteiger partial charge is 0.316 e. The fraction of sp³-hybridized carbons (Fsp3) is 0.273. The molecule has 0 bridgehead atoms. The first-order chi connectivity index (χ1) is 7.63. The van der Waals surface area contributed by atoms with Crippen LogP contribution in [0.5, 0.6) is 0 Å². The Balaban J connectivity index is 2.71. The van der Waals surface area contributed by atoms with Crippen molar-refractivity contribution in [3.05, 3.63) is 23.9 Å². The highest BCUT2D eigenvalue weighted by Crippen LogP contribution is 2.27. The zero-order valence-electron chi connectivity index (χ0n) is 9.32. The molecule has 1 aromatic carbocycles. The second kappa shape index (κ2) is 3.84. The quantitative estimate of drug-likeness (QED) is 0.804. The lowest BCUT2D eigenvalue weighted by atomic mass is 10.1. The van der Waals surface area contributed by atoms with Crippen molar-refractivity contribution in [1.82, 2.24) is 9.78 Å². The van der Waals surface area contributed by atoms with Gasteiger partial charge in [-0.2, -0.15) is 5.10 Å². The number of nitrogens with zero attached hydrogens (tertiary/aromatic N) is 2. The molecule has 16 heavy (non-hydrogen) atoms. The minimum absolute atomic E-state index is 0.552. The number of primary amides is 1. The van der Waals surface area contributed by atoms with E-state index in [0.29, 0.717) is 0 Å². The first-order valence-corrected chi connectivity index (χ1v) is 5.13. The number of fused-ring (bicyclic) bond motifs is 1. The van der Waals surface area contributed by atoms with Crippen LogP contribution >= 0.6 is 0 Å². The van der Waals surface area contributed by atoms with Crippen molar-refractivity contribution in [2.45, 2.75) is 13.3 Å². The van der Waals surface area contributed by atoms with Gasteiger partial charge in [-0.15, -0.1) is 0 Å². The number of carbonyl (C=O) groups excluding carboxylic acids is 1. The van der Waals surface area contributed by atoms with Gasteiger partial charge in [-0.25, -0.2) is 4.79 Å². The number of hydrogen-bond donors (Lipinski definition) is 2. The average Bonchev–Trinajstić information content (AvgIpc) is 2.60. The van der Waals surface area contributed by atoms with Gasteiger partial charge in [0, 0.05) is 12.4 Å². The van der Waals surface area contributed by atoms with Crippen molar-refractivity contribution in [1.29, 1.82) is 0 Å². The largest absolute Gasteiger partial charge is 0.351 e. The summed E-state index contributed by atoms with van der Waals surface area (Å²) >= 11 is 0. The van der Waals surface area contributed by atoms with E-state index in [1.54, 1.807) is 10.9 Å². The third-order valence-electron chi connectivity index (χ3n) is 2.62. The van der Waals surface area contributed by atoms with Crippen LogP contribution in [-0.2, 0) is 13.5 Å². The topological polar surface area (TPSA) is 72.9 Å². The summed E-state index contributed by atoms with van der Waals surface area (Å²) in [6, 6.07) is 3.42. The van der Waals surface area contributed by atoms with Crippen LogP contribution < -0.4 is 11.1 Å². The van der Waals surface area contributed by atoms with Gasteiger partial charge in [0.2, 0.25) is 0 Å². The molecule has 0 aliphatic heterocycles. The summed E-state index contributed by atoms with van der Waals surface area (Å²) in [5, 5.41) is 7.83. The summed E-state index contributed by atoms with van der Waals surface area (Å²) in [5.74, 6) is 0. The molecule has 0 aliphatic carbocycles. The summed E-state index contributed by atoms with van der Waals surface area (Å²) in [5.41, 5.74) is 7.89. The minimum atomic E-state index is -0.552. The SMILES string of the molecule is CCc1ccc2cnn(C)c2c1NC(N)=O. The second-order valence-corrected chi connectivity index (χ2v) is 3.65. The highest BCUT2D eigenvalue weighted by atomic mass is 16.2. The molecule has 0 aliphatic rings. The number of anilines is 1. The standard InChI is InChI=1S/C11H14N4O/c1-3-7-4-5-8-6-13-15(2)10(8)9(7)14-11(12)16/h4-6H,3H2,1-2H3,(H3,12,14,16). The number of aryl methyl sites for hydroxylation is 2. The highest BCUT2D eigenvalue weighted by molar-refractivity contribution is 6.00. The highest BCUT2D eigenvalue weighted by Gasteiger charge is 2.11. The predicted octanol–water partition coefficient (Wildman–Crippen LogP) is 1.63. The zero-order valence-corrected chi connectivity index (χ0v) is 9.32. The number of rotatable bonds is 2. The molecule has 2 amide bonds. The minimum Gasteiger partial charge on any atom is -0.351 e. The summed E-state index contributed by atoms with van der Waals surface area (Å²) in [7, 11) is 1.84. The van der Waals surface area contributed by atoms with Gasteiger partial charge in [-0.3, -0.25) is 4.68 Å². The molecule has 0 spiro atoms. The second-order valence-electron chi connectivity index (χ2n) is 3.65. The number of nitrogens with one attached hydrogen (secondary N) is 1. The summed E-state index contributed by atoms with van der Waals surface area (Å²) in [4.78, 5) is 11.0. The van der Waals surface area contributed by atoms with E-state index in [-0.39, 0.29) is 0 Å². The lowest BCUT2D eigenvalue weighted by Gasteiger charge is -2.10. The Labute approximate surface area is 93.2 Å². The summed E-state index contributed by atoms with van der Waals surface area (Å²) < 4.78 is 1.74. The molecular weight excluding hydrogens is 204 g/mol. The van der Waals surface area contributed by atoms with Crippen molar-refractivity contribution < 1.29 is 4.79 Å². The lowest BCUT2D eigenvalue weighted by molar-refractivity contribution is 0.259. The van der Waals surface area contributed by atoms with E-state index in [2.05, 4.69) is 10.4 Å². The Kier molecular flexibility index (Phi) is 2.52. The normalized spacial score (nSPS) is 10.6. The van der Waals surface area contributed by atoms with Crippen LogP contribution in [0.2, 0.25) is 0 Å². The molecule has 2 aromatic rings. The number of aromatic nitrogens is 2. The maximum Gasteiger partial charge on any atom is 0.316 e. The Hall–Kier alpha value is -2.04. The van der Waals surface area contributed by atoms with Crippen LogP contribution in [0.3, 0.4) is 0 Å². The summed E-state index contributed by atoms with van der Waals surface area (Å²) in [6.07, 6.45) is 2.59. The molecule has 0 unspecified atom stereocenters. The maximum atomic E-state index is 11.0. The Morgan fingerprint density at radius 1 is 1.56 bits per heavy atom. The molecule has 0 saturated carbocycles. The molecule has 5 heteroatoms. The van der Waals surface area contributed by atoms with Crippen LogP contribution in [0.15, 0.2) is 18.3 Å². The van der Waals surface area contributed by atoms with Gasteiger partial charge in [-0.05, 0) is 12.0 Å². The molecule has 84 valence electrons. The van der Waals surface area contributed by atoms with Gasteiger partial charge in [0.1, 0.15) is 0 Å². The van der Waals surface area contributed by atoms with Gasteiger partial charge in [-0.1, -0.05) is 19.1 Å². The van der Waals surface area contributed by atoms with Crippen molar-refractivity contribution in [2.24, 2.45) is 12.8 Å². The molecule has 3 N–H and O–H groups in total. The van der Waals surface area contributed by atoms with E-state index in [0.717, 1.165) is 28.6 Å². The summed E-state index contributed by atoms with van der Waals surface area (Å²) in [6.45, 7) is 2.03. The van der Waals surface area contributed by atoms with E-state index < -0.39 is 6.03 Å². The molecule has 0 radical (unpaired) electrons. The Bertz CT molecular complexity index is 544. The molecule has 2 rings (SSSR count). The Morgan fingerprint density at radius 2 is 2.31 bits per heavy atom. The monoisotopic (exact) mass is 218 g/mol. The van der Waals surface area contributed by atoms with Gasteiger partial charge < -0.3 is 11.1 Å².